The van der Waals surface area contributed by atoms with Gasteiger partial charge in [-0.3, -0.25) is 4.79 Å². The predicted octanol–water partition coefficient (Wildman–Crippen LogP) is 4.30. The summed E-state index contributed by atoms with van der Waals surface area (Å²) in [6.07, 6.45) is 0.420. The van der Waals surface area contributed by atoms with Crippen LogP contribution in [0.2, 0.25) is 0 Å². The Morgan fingerprint density at radius 3 is 2.43 bits per heavy atom. The van der Waals surface area contributed by atoms with Gasteiger partial charge in [-0.05, 0) is 27.8 Å². The van der Waals surface area contributed by atoms with E-state index in [1.54, 1.807) is 0 Å². The van der Waals surface area contributed by atoms with Gasteiger partial charge < -0.3 is 5.32 Å². The molecule has 2 heteroatoms. The van der Waals surface area contributed by atoms with E-state index in [1.165, 1.54) is 10.9 Å². The highest BCUT2D eigenvalue weighted by Crippen LogP contribution is 2.19. The highest BCUT2D eigenvalue weighted by atomic mass is 16.1. The van der Waals surface area contributed by atoms with Crippen molar-refractivity contribution in [3.63, 3.8) is 0 Å². The Bertz CT molecular complexity index is 790. The molecule has 0 aliphatic heterocycles. The topological polar surface area (TPSA) is 29.1 Å². The predicted molar refractivity (Wildman–Crippen MR) is 95.5 cm³/mol. The molecule has 23 heavy (non-hydrogen) atoms. The highest BCUT2D eigenvalue weighted by molar-refractivity contribution is 5.90. The molecule has 3 rings (SSSR count). The van der Waals surface area contributed by atoms with Gasteiger partial charge in [0.2, 0.25) is 5.91 Å². The van der Waals surface area contributed by atoms with Crippen LogP contribution in [0.1, 0.15) is 24.0 Å². The highest BCUT2D eigenvalue weighted by Gasteiger charge is 2.09. The van der Waals surface area contributed by atoms with E-state index in [9.17, 15) is 4.79 Å². The van der Waals surface area contributed by atoms with E-state index in [4.69, 9.17) is 0 Å². The molecular formula is C21H21NO. The van der Waals surface area contributed by atoms with E-state index >= 15 is 0 Å². The first-order chi connectivity index (χ1) is 11.2. The Hall–Kier alpha value is -2.61. The van der Waals surface area contributed by atoms with Crippen LogP contribution in [0.5, 0.6) is 0 Å². The first kappa shape index (κ1) is 15.3. The molecule has 0 aliphatic rings. The van der Waals surface area contributed by atoms with Gasteiger partial charge in [-0.15, -0.1) is 0 Å². The Labute approximate surface area is 137 Å². The van der Waals surface area contributed by atoms with E-state index in [0.29, 0.717) is 18.9 Å². The van der Waals surface area contributed by atoms with Gasteiger partial charge >= 0.3 is 0 Å². The summed E-state index contributed by atoms with van der Waals surface area (Å²) in [6.45, 7) is 2.79. The molecule has 0 spiro atoms. The molecule has 0 aromatic heterocycles. The fourth-order valence-electron chi connectivity index (χ4n) is 2.85. The number of hydrogen-bond acceptors (Lipinski definition) is 1. The first-order valence-electron chi connectivity index (χ1n) is 8.02. The molecule has 3 aromatic rings. The molecule has 3 aromatic carbocycles. The number of amides is 1. The van der Waals surface area contributed by atoms with Crippen molar-refractivity contribution in [1.29, 1.82) is 0 Å². The van der Waals surface area contributed by atoms with Crippen molar-refractivity contribution in [2.45, 2.75) is 19.3 Å². The van der Waals surface area contributed by atoms with Gasteiger partial charge in [-0.25, -0.2) is 0 Å². The zero-order valence-corrected chi connectivity index (χ0v) is 13.3. The zero-order chi connectivity index (χ0) is 16.1. The van der Waals surface area contributed by atoms with E-state index in [2.05, 4.69) is 42.6 Å². The number of rotatable bonds is 5. The van der Waals surface area contributed by atoms with Gasteiger partial charge in [-0.1, -0.05) is 79.7 Å². The van der Waals surface area contributed by atoms with E-state index in [0.717, 1.165) is 10.9 Å². The van der Waals surface area contributed by atoms with Crippen LogP contribution in [0.25, 0.3) is 10.8 Å². The summed E-state index contributed by atoms with van der Waals surface area (Å²) in [7, 11) is 0. The summed E-state index contributed by atoms with van der Waals surface area (Å²) in [6, 6.07) is 24.6. The van der Waals surface area contributed by atoms with E-state index < -0.39 is 0 Å². The van der Waals surface area contributed by atoms with Crippen molar-refractivity contribution in [2.75, 3.05) is 6.54 Å². The lowest BCUT2D eigenvalue weighted by atomic mass is 10.0. The molecule has 0 bridgehead atoms. The van der Waals surface area contributed by atoms with Crippen LogP contribution in [-0.2, 0) is 11.2 Å². The molecular weight excluding hydrogens is 282 g/mol. The van der Waals surface area contributed by atoms with Crippen molar-refractivity contribution < 1.29 is 4.79 Å². The quantitative estimate of drug-likeness (QED) is 0.748. The minimum absolute atomic E-state index is 0.0733. The number of fused-ring (bicyclic) bond motifs is 1. The van der Waals surface area contributed by atoms with Crippen molar-refractivity contribution in [1.82, 2.24) is 5.32 Å². The minimum atomic E-state index is 0.0733. The standard InChI is InChI=1S/C21H21NO/c1-16(17-8-3-2-4-9-17)15-22-21(23)14-19-12-7-11-18-10-5-6-13-20(18)19/h2-13,16H,14-15H2,1H3,(H,22,23)/t16-/m1/s1. The summed E-state index contributed by atoms with van der Waals surface area (Å²) >= 11 is 0. The lowest BCUT2D eigenvalue weighted by Gasteiger charge is -2.13. The molecule has 0 heterocycles. The summed E-state index contributed by atoms with van der Waals surface area (Å²) in [5, 5.41) is 5.39. The minimum Gasteiger partial charge on any atom is -0.355 e. The summed E-state index contributed by atoms with van der Waals surface area (Å²) in [4.78, 5) is 12.3. The number of hydrogen-bond donors (Lipinski definition) is 1. The molecule has 1 amide bonds. The molecule has 0 saturated carbocycles. The molecule has 1 atom stereocenters. The maximum absolute atomic E-state index is 12.3. The lowest BCUT2D eigenvalue weighted by molar-refractivity contribution is -0.120. The zero-order valence-electron chi connectivity index (χ0n) is 13.3. The second kappa shape index (κ2) is 7.10. The van der Waals surface area contributed by atoms with Crippen molar-refractivity contribution in [3.8, 4) is 0 Å². The Balaban J connectivity index is 1.63. The van der Waals surface area contributed by atoms with E-state index in [-0.39, 0.29) is 5.91 Å². The van der Waals surface area contributed by atoms with Gasteiger partial charge in [0.25, 0.3) is 0 Å². The summed E-state index contributed by atoms with van der Waals surface area (Å²) < 4.78 is 0. The molecule has 1 N–H and O–H groups in total. The molecule has 0 unspecified atom stereocenters. The molecule has 0 fully saturated rings. The summed E-state index contributed by atoms with van der Waals surface area (Å²) in [5.41, 5.74) is 2.32. The maximum Gasteiger partial charge on any atom is 0.224 e. The van der Waals surface area contributed by atoms with Crippen LogP contribution in [0.15, 0.2) is 72.8 Å². The number of carbonyl (C=O) groups is 1. The number of carbonyl (C=O) groups excluding carboxylic acids is 1. The Kier molecular flexibility index (Phi) is 4.72. The average molecular weight is 303 g/mol. The second-order valence-corrected chi connectivity index (χ2v) is 5.93. The third kappa shape index (κ3) is 3.78. The van der Waals surface area contributed by atoms with Crippen molar-refractivity contribution in [3.05, 3.63) is 83.9 Å². The molecule has 0 aliphatic carbocycles. The first-order valence-corrected chi connectivity index (χ1v) is 8.02. The fourth-order valence-corrected chi connectivity index (χ4v) is 2.85. The van der Waals surface area contributed by atoms with Crippen LogP contribution in [0, 0.1) is 0 Å². The van der Waals surface area contributed by atoms with Gasteiger partial charge in [0.05, 0.1) is 6.42 Å². The number of nitrogens with one attached hydrogen (secondary N) is 1. The lowest BCUT2D eigenvalue weighted by Crippen LogP contribution is -2.28. The van der Waals surface area contributed by atoms with Crippen LogP contribution < -0.4 is 5.32 Å². The smallest absolute Gasteiger partial charge is 0.224 e. The SMILES string of the molecule is C[C@H](CNC(=O)Cc1cccc2ccccc12)c1ccccc1. The molecule has 0 saturated heterocycles. The molecule has 2 nitrogen and oxygen atoms in total. The largest absolute Gasteiger partial charge is 0.355 e. The van der Waals surface area contributed by atoms with Gasteiger partial charge in [-0.2, -0.15) is 0 Å². The van der Waals surface area contributed by atoms with E-state index in [1.807, 2.05) is 42.5 Å². The Morgan fingerprint density at radius 2 is 1.61 bits per heavy atom. The van der Waals surface area contributed by atoms with Gasteiger partial charge in [0.1, 0.15) is 0 Å². The van der Waals surface area contributed by atoms with Crippen LogP contribution in [-0.4, -0.2) is 12.5 Å². The van der Waals surface area contributed by atoms with Crippen LogP contribution in [0.3, 0.4) is 0 Å². The third-order valence-corrected chi connectivity index (χ3v) is 4.20. The third-order valence-electron chi connectivity index (χ3n) is 4.20. The second-order valence-electron chi connectivity index (χ2n) is 5.93. The van der Waals surface area contributed by atoms with Gasteiger partial charge in [0.15, 0.2) is 0 Å². The van der Waals surface area contributed by atoms with Crippen LogP contribution >= 0.6 is 0 Å². The number of benzene rings is 3. The average Bonchev–Trinajstić information content (AvgIpc) is 2.61. The maximum atomic E-state index is 12.3. The Morgan fingerprint density at radius 1 is 0.913 bits per heavy atom. The monoisotopic (exact) mass is 303 g/mol. The normalized spacial score (nSPS) is 12.0. The fraction of sp³-hybridized carbons (Fsp3) is 0.190. The summed E-state index contributed by atoms with van der Waals surface area (Å²) in [5.74, 6) is 0.386. The van der Waals surface area contributed by atoms with Gasteiger partial charge in [0, 0.05) is 6.54 Å². The van der Waals surface area contributed by atoms with Crippen molar-refractivity contribution >= 4 is 16.7 Å². The molecule has 116 valence electrons. The van der Waals surface area contributed by atoms with Crippen LogP contribution in [0.4, 0.5) is 0 Å². The van der Waals surface area contributed by atoms with Crippen molar-refractivity contribution in [2.24, 2.45) is 0 Å². The molecule has 0 radical (unpaired) electrons.